The van der Waals surface area contributed by atoms with Crippen LogP contribution in [0.2, 0.25) is 0 Å². The highest BCUT2D eigenvalue weighted by molar-refractivity contribution is 7.89. The van der Waals surface area contributed by atoms with E-state index in [1.165, 1.54) is 40.7 Å². The van der Waals surface area contributed by atoms with E-state index in [4.69, 9.17) is 34.2 Å². The zero-order chi connectivity index (χ0) is 59.7. The Morgan fingerprint density at radius 2 is 1.16 bits per heavy atom. The number of nitrogens with one attached hydrogen (secondary N) is 2. The summed E-state index contributed by atoms with van der Waals surface area (Å²) >= 11 is 0. The molecule has 4 aromatic carbocycles. The fourth-order valence-corrected chi connectivity index (χ4v) is 12.2. The minimum Gasteiger partial charge on any atom is -0.457 e. The average molecular weight is 1180 g/mol. The number of aliphatic hydroxyl groups is 1. The zero-order valence-electron chi connectivity index (χ0n) is 47.5. The van der Waals surface area contributed by atoms with E-state index in [1.807, 2.05) is 88.4 Å². The molecule has 82 heavy (non-hydrogen) atoms. The van der Waals surface area contributed by atoms with Crippen molar-refractivity contribution in [2.24, 2.45) is 11.8 Å². The summed E-state index contributed by atoms with van der Waals surface area (Å²) in [6, 6.07) is 27.5. The standard InChI is InChI=1S/C33H49N3O8S.C25H33N3O8S/c1-4-5-6-10-18-41-24-32(37)44-31(22-36(21-25(2)3)45(39,40)29-15-13-27(34)14-16-29)30(20-26-11-8-7-9-12-26)35-33(38)43-28-17-19-42-23-28;1-18(2)15-27(37(33,34)22-10-8-20(9-11-22)28(31)32)16-24(29)23(14-19-6-4-3-5-7-19)26-25(30)36-21-12-13-35-17-21/h7-9,11-16,25,28,30-31H,4-6,10,17-24,34H2,1-3H3,(H,35,38);3-11,18,21,23-24,29H,12-17H2,1-2H3,(H,26,30)/t28-,30-,31+;21-,23-,24+/m00/s1. The minimum atomic E-state index is -4.10. The van der Waals surface area contributed by atoms with Gasteiger partial charge in [0, 0.05) is 56.9 Å². The number of unbranched alkanes of at least 4 members (excludes halogenated alkanes) is 3. The number of alkyl carbamates (subject to hydrolysis) is 2. The number of hydrogen-bond donors (Lipinski definition) is 4. The number of non-ortho nitro benzene ring substituents is 1. The monoisotopic (exact) mass is 1180 g/mol. The minimum absolute atomic E-state index is 0.0516. The number of nitrogen functional groups attached to an aromatic ring is 1. The number of nitro groups is 1. The number of nitrogens with two attached hydrogens (primary N) is 1. The molecule has 22 nitrogen and oxygen atoms in total. The Bertz CT molecular complexity index is 2790. The fraction of sp³-hybridized carbons (Fsp3) is 0.534. The van der Waals surface area contributed by atoms with E-state index in [9.17, 15) is 46.4 Å². The number of esters is 1. The summed E-state index contributed by atoms with van der Waals surface area (Å²) in [4.78, 5) is 49.1. The molecule has 6 rings (SSSR count). The number of hydrogen-bond acceptors (Lipinski definition) is 17. The molecule has 0 bridgehead atoms. The number of amides is 2. The van der Waals surface area contributed by atoms with Crippen LogP contribution in [0.25, 0.3) is 0 Å². The van der Waals surface area contributed by atoms with Crippen LogP contribution < -0.4 is 16.4 Å². The molecule has 2 aliphatic rings. The van der Waals surface area contributed by atoms with Gasteiger partial charge < -0.3 is 49.9 Å². The van der Waals surface area contributed by atoms with Gasteiger partial charge in [0.2, 0.25) is 20.0 Å². The Labute approximate surface area is 482 Å². The highest BCUT2D eigenvalue weighted by Crippen LogP contribution is 2.24. The summed E-state index contributed by atoms with van der Waals surface area (Å²) in [6.07, 6.45) is 1.09. The molecule has 2 aliphatic heterocycles. The molecule has 0 unspecified atom stereocenters. The van der Waals surface area contributed by atoms with Crippen LogP contribution in [0, 0.1) is 22.0 Å². The SMILES string of the molecule is CC(C)CN(C[C@@H](O)[C@H](Cc1ccccc1)NC(=O)O[C@H]1CCOC1)S(=O)(=O)c1ccc([N+](=O)[O-])cc1.CCCCCCOCC(=O)O[C@H](CN(CC(C)C)S(=O)(=O)c1ccc(N)cc1)[C@H](Cc1ccccc1)NC(=O)O[C@H]1CCOC1. The van der Waals surface area contributed by atoms with Gasteiger partial charge in [0.1, 0.15) is 24.9 Å². The van der Waals surface area contributed by atoms with Gasteiger partial charge in [-0.3, -0.25) is 10.1 Å². The number of carbonyl (C=O) groups is 3. The molecular formula is C58H82N6O16S2. The maximum Gasteiger partial charge on any atom is 0.407 e. The highest BCUT2D eigenvalue weighted by atomic mass is 32.2. The lowest BCUT2D eigenvalue weighted by atomic mass is 10.0. The lowest BCUT2D eigenvalue weighted by Crippen LogP contribution is -2.53. The normalized spacial score (nSPS) is 16.9. The molecule has 6 atom stereocenters. The summed E-state index contributed by atoms with van der Waals surface area (Å²) in [7, 11) is -8.13. The molecule has 2 fully saturated rings. The first-order chi connectivity index (χ1) is 39.1. The first-order valence-corrected chi connectivity index (χ1v) is 30.8. The fourth-order valence-electron chi connectivity index (χ4n) is 8.99. The Balaban J connectivity index is 0.000000306. The molecule has 4 aromatic rings. The van der Waals surface area contributed by atoms with Gasteiger partial charge in [-0.05, 0) is 78.6 Å². The van der Waals surface area contributed by atoms with Gasteiger partial charge in [-0.25, -0.2) is 31.2 Å². The Morgan fingerprint density at radius 1 is 0.683 bits per heavy atom. The summed E-state index contributed by atoms with van der Waals surface area (Å²) in [5.41, 5.74) is 7.72. The quantitative estimate of drug-likeness (QED) is 0.00961. The van der Waals surface area contributed by atoms with Gasteiger partial charge in [-0.1, -0.05) is 115 Å². The van der Waals surface area contributed by atoms with Crippen molar-refractivity contribution in [2.75, 3.05) is 71.6 Å². The van der Waals surface area contributed by atoms with Crippen molar-refractivity contribution >= 4 is 49.6 Å². The lowest BCUT2D eigenvalue weighted by Gasteiger charge is -2.33. The molecule has 24 heteroatoms. The predicted octanol–water partition coefficient (Wildman–Crippen LogP) is 7.28. The lowest BCUT2D eigenvalue weighted by molar-refractivity contribution is -0.384. The van der Waals surface area contributed by atoms with Gasteiger partial charge in [0.25, 0.3) is 5.69 Å². The molecule has 2 saturated heterocycles. The third-order valence-corrected chi connectivity index (χ3v) is 16.9. The molecule has 0 aliphatic carbocycles. The second-order valence-corrected chi connectivity index (χ2v) is 25.0. The van der Waals surface area contributed by atoms with Crippen molar-refractivity contribution in [1.29, 1.82) is 0 Å². The van der Waals surface area contributed by atoms with Crippen LogP contribution in [0.5, 0.6) is 0 Å². The summed E-state index contributed by atoms with van der Waals surface area (Å²) in [6.45, 7) is 11.0. The van der Waals surface area contributed by atoms with Gasteiger partial charge in [0.15, 0.2) is 0 Å². The Morgan fingerprint density at radius 3 is 1.62 bits per heavy atom. The van der Waals surface area contributed by atoms with Crippen LogP contribution in [0.15, 0.2) is 119 Å². The van der Waals surface area contributed by atoms with Crippen LogP contribution in [-0.4, -0.2) is 156 Å². The molecule has 5 N–H and O–H groups in total. The number of benzene rings is 4. The van der Waals surface area contributed by atoms with Crippen molar-refractivity contribution in [3.05, 3.63) is 130 Å². The van der Waals surface area contributed by atoms with Crippen molar-refractivity contribution < 1.29 is 69.7 Å². The largest absolute Gasteiger partial charge is 0.457 e. The van der Waals surface area contributed by atoms with Crippen molar-refractivity contribution in [3.8, 4) is 0 Å². The molecule has 0 saturated carbocycles. The third kappa shape index (κ3) is 22.5. The number of nitrogens with zero attached hydrogens (tertiary/aromatic N) is 3. The van der Waals surface area contributed by atoms with E-state index < -0.39 is 73.5 Å². The van der Waals surface area contributed by atoms with Crippen LogP contribution >= 0.6 is 0 Å². The van der Waals surface area contributed by atoms with E-state index >= 15 is 0 Å². The second kappa shape index (κ2) is 33.8. The van der Waals surface area contributed by atoms with Crippen LogP contribution in [-0.2, 0) is 66.1 Å². The number of sulfonamides is 2. The maximum atomic E-state index is 13.9. The molecule has 0 aromatic heterocycles. The van der Waals surface area contributed by atoms with Crippen molar-refractivity contribution in [3.63, 3.8) is 0 Å². The van der Waals surface area contributed by atoms with E-state index in [1.54, 1.807) is 0 Å². The summed E-state index contributed by atoms with van der Waals surface area (Å²) < 4.78 is 90.2. The molecule has 2 amide bonds. The van der Waals surface area contributed by atoms with Crippen LogP contribution in [0.3, 0.4) is 0 Å². The number of nitro benzene ring substituents is 1. The van der Waals surface area contributed by atoms with Gasteiger partial charge in [-0.15, -0.1) is 0 Å². The molecule has 0 radical (unpaired) electrons. The first kappa shape index (κ1) is 66.5. The number of aliphatic hydroxyl groups excluding tert-OH is 1. The highest BCUT2D eigenvalue weighted by Gasteiger charge is 2.37. The molecule has 0 spiro atoms. The maximum absolute atomic E-state index is 13.9. The van der Waals surface area contributed by atoms with E-state index in [0.29, 0.717) is 51.6 Å². The van der Waals surface area contributed by atoms with Crippen LogP contribution in [0.1, 0.15) is 84.3 Å². The number of anilines is 1. The predicted molar refractivity (Wildman–Crippen MR) is 308 cm³/mol. The number of carbonyl (C=O) groups excluding carboxylic acids is 3. The zero-order valence-corrected chi connectivity index (χ0v) is 49.2. The summed E-state index contributed by atoms with van der Waals surface area (Å²) in [5.74, 6) is -0.778. The topological polar surface area (TPSA) is 295 Å². The van der Waals surface area contributed by atoms with E-state index in [-0.39, 0.29) is 79.0 Å². The van der Waals surface area contributed by atoms with Crippen molar-refractivity contribution in [2.45, 2.75) is 132 Å². The molecular weight excluding hydrogens is 1100 g/mol. The first-order valence-electron chi connectivity index (χ1n) is 27.9. The smallest absolute Gasteiger partial charge is 0.407 e. The Kier molecular flexibility index (Phi) is 27.4. The Hall–Kier alpha value is -6.25. The van der Waals surface area contributed by atoms with E-state index in [0.717, 1.165) is 53.2 Å². The third-order valence-electron chi connectivity index (χ3n) is 13.2. The number of rotatable bonds is 31. The average Bonchev–Trinajstić information content (AvgIpc) is 4.13. The van der Waals surface area contributed by atoms with Gasteiger partial charge in [0.05, 0.1) is 65.9 Å². The molecule has 2 heterocycles. The van der Waals surface area contributed by atoms with E-state index in [2.05, 4.69) is 17.6 Å². The van der Waals surface area contributed by atoms with Crippen molar-refractivity contribution in [1.82, 2.24) is 19.2 Å². The van der Waals surface area contributed by atoms with Gasteiger partial charge in [-0.2, -0.15) is 8.61 Å². The summed E-state index contributed by atoms with van der Waals surface area (Å²) in [5, 5.41) is 27.7. The molecule has 452 valence electrons. The number of ether oxygens (including phenoxy) is 6. The van der Waals surface area contributed by atoms with Gasteiger partial charge >= 0.3 is 18.2 Å². The van der Waals surface area contributed by atoms with Crippen LogP contribution in [0.4, 0.5) is 21.0 Å². The second-order valence-electron chi connectivity index (χ2n) is 21.1.